The summed E-state index contributed by atoms with van der Waals surface area (Å²) < 4.78 is 1.95. The summed E-state index contributed by atoms with van der Waals surface area (Å²) in [4.78, 5) is 12.1. The van der Waals surface area contributed by atoms with Crippen molar-refractivity contribution in [2.75, 3.05) is 0 Å². The van der Waals surface area contributed by atoms with Crippen molar-refractivity contribution in [2.24, 2.45) is 0 Å². The number of aromatic nitrogens is 1. The molecule has 2 rings (SSSR count). The summed E-state index contributed by atoms with van der Waals surface area (Å²) >= 11 is 5.75. The number of hydrogen-bond donors (Lipinski definition) is 0. The van der Waals surface area contributed by atoms with Gasteiger partial charge in [0.1, 0.15) is 0 Å². The lowest BCUT2D eigenvalue weighted by atomic mass is 10.1. The van der Waals surface area contributed by atoms with Gasteiger partial charge in [0.05, 0.1) is 5.88 Å². The Morgan fingerprint density at radius 3 is 2.60 bits per heavy atom. The molecule has 3 heteroatoms. The van der Waals surface area contributed by atoms with E-state index >= 15 is 0 Å². The van der Waals surface area contributed by atoms with Crippen LogP contribution in [0.1, 0.15) is 49.9 Å². The molecule has 82 valence electrons. The summed E-state index contributed by atoms with van der Waals surface area (Å²) in [6.45, 7) is 4.24. The Morgan fingerprint density at radius 2 is 2.13 bits per heavy atom. The Balaban J connectivity index is 2.57. The van der Waals surface area contributed by atoms with Crippen LogP contribution in [-0.2, 0) is 5.88 Å². The average Bonchev–Trinajstić information content (AvgIpc) is 3.00. The minimum absolute atomic E-state index is 0.110. The standard InChI is InChI=1S/C12H16ClNO/c1-8(2)11-6-3-9(7-13)12(15)14(11)10-4-5-10/h3,6,8,10H,4-5,7H2,1-2H3. The molecule has 1 aliphatic carbocycles. The van der Waals surface area contributed by atoms with Crippen molar-refractivity contribution in [3.8, 4) is 0 Å². The Labute approximate surface area is 94.9 Å². The number of hydrogen-bond acceptors (Lipinski definition) is 1. The van der Waals surface area contributed by atoms with Crippen LogP contribution in [0.5, 0.6) is 0 Å². The fourth-order valence-corrected chi connectivity index (χ4v) is 2.09. The van der Waals surface area contributed by atoms with E-state index in [1.807, 2.05) is 16.7 Å². The second-order valence-corrected chi connectivity index (χ2v) is 4.75. The molecule has 1 saturated carbocycles. The molecule has 15 heavy (non-hydrogen) atoms. The topological polar surface area (TPSA) is 22.0 Å². The van der Waals surface area contributed by atoms with E-state index in [2.05, 4.69) is 13.8 Å². The van der Waals surface area contributed by atoms with Crippen molar-refractivity contribution in [3.63, 3.8) is 0 Å². The molecule has 1 fully saturated rings. The van der Waals surface area contributed by atoms with Crippen molar-refractivity contribution in [2.45, 2.75) is 44.5 Å². The van der Waals surface area contributed by atoms with Crippen molar-refractivity contribution in [3.05, 3.63) is 33.7 Å². The highest BCUT2D eigenvalue weighted by molar-refractivity contribution is 6.17. The quantitative estimate of drug-likeness (QED) is 0.725. The Morgan fingerprint density at radius 1 is 1.47 bits per heavy atom. The summed E-state index contributed by atoms with van der Waals surface area (Å²) in [7, 11) is 0. The molecule has 0 bridgehead atoms. The number of alkyl halides is 1. The first-order valence-corrected chi connectivity index (χ1v) is 5.99. The molecule has 0 unspecified atom stereocenters. The van der Waals surface area contributed by atoms with Gasteiger partial charge in [-0.1, -0.05) is 19.9 Å². The van der Waals surface area contributed by atoms with Crippen molar-refractivity contribution in [1.29, 1.82) is 0 Å². The second kappa shape index (κ2) is 4.01. The maximum absolute atomic E-state index is 12.1. The van der Waals surface area contributed by atoms with E-state index in [4.69, 9.17) is 11.6 Å². The highest BCUT2D eigenvalue weighted by atomic mass is 35.5. The van der Waals surface area contributed by atoms with Crippen LogP contribution in [0.25, 0.3) is 0 Å². The molecule has 0 aliphatic heterocycles. The first-order chi connectivity index (χ1) is 7.15. The van der Waals surface area contributed by atoms with Crippen molar-refractivity contribution in [1.82, 2.24) is 4.57 Å². The lowest BCUT2D eigenvalue weighted by molar-refractivity contribution is 0.621. The van der Waals surface area contributed by atoms with E-state index in [9.17, 15) is 4.79 Å². The van der Waals surface area contributed by atoms with Gasteiger partial charge in [0.15, 0.2) is 0 Å². The Bertz CT molecular complexity index is 418. The highest BCUT2D eigenvalue weighted by Crippen LogP contribution is 2.36. The zero-order valence-electron chi connectivity index (χ0n) is 9.16. The molecule has 1 aromatic heterocycles. The Kier molecular flexibility index (Phi) is 2.87. The van der Waals surface area contributed by atoms with E-state index in [-0.39, 0.29) is 5.56 Å². The van der Waals surface area contributed by atoms with Gasteiger partial charge in [-0.15, -0.1) is 11.6 Å². The van der Waals surface area contributed by atoms with Gasteiger partial charge in [-0.05, 0) is 24.8 Å². The lowest BCUT2D eigenvalue weighted by Gasteiger charge is -2.15. The molecule has 0 amide bonds. The molecule has 0 atom stereocenters. The number of halogens is 1. The molecular weight excluding hydrogens is 210 g/mol. The van der Waals surface area contributed by atoms with Gasteiger partial charge in [-0.3, -0.25) is 4.79 Å². The fraction of sp³-hybridized carbons (Fsp3) is 0.583. The average molecular weight is 226 g/mol. The highest BCUT2D eigenvalue weighted by Gasteiger charge is 2.27. The molecule has 1 heterocycles. The minimum Gasteiger partial charge on any atom is -0.309 e. The van der Waals surface area contributed by atoms with Crippen LogP contribution in [0, 0.1) is 0 Å². The minimum atomic E-state index is 0.110. The van der Waals surface area contributed by atoms with Crippen LogP contribution in [0.15, 0.2) is 16.9 Å². The van der Waals surface area contributed by atoms with E-state index in [1.165, 1.54) is 0 Å². The van der Waals surface area contributed by atoms with E-state index < -0.39 is 0 Å². The van der Waals surface area contributed by atoms with Crippen LogP contribution < -0.4 is 5.56 Å². The SMILES string of the molecule is CC(C)c1ccc(CCl)c(=O)n1C1CC1. The van der Waals surface area contributed by atoms with Gasteiger partial charge in [0.2, 0.25) is 0 Å². The van der Waals surface area contributed by atoms with Gasteiger partial charge >= 0.3 is 0 Å². The number of pyridine rings is 1. The fourth-order valence-electron chi connectivity index (χ4n) is 1.89. The summed E-state index contributed by atoms with van der Waals surface area (Å²) in [6.07, 6.45) is 2.26. The third kappa shape index (κ3) is 1.96. The zero-order chi connectivity index (χ0) is 11.0. The molecular formula is C12H16ClNO. The molecule has 1 aromatic rings. The van der Waals surface area contributed by atoms with Crippen molar-refractivity contribution >= 4 is 11.6 Å². The first-order valence-electron chi connectivity index (χ1n) is 5.45. The summed E-state index contributed by atoms with van der Waals surface area (Å²) in [5, 5.41) is 0. The van der Waals surface area contributed by atoms with E-state index in [0.717, 1.165) is 18.5 Å². The van der Waals surface area contributed by atoms with Crippen molar-refractivity contribution < 1.29 is 0 Å². The molecule has 0 saturated heterocycles. The second-order valence-electron chi connectivity index (χ2n) is 4.48. The molecule has 2 nitrogen and oxygen atoms in total. The molecule has 0 N–H and O–H groups in total. The van der Waals surface area contributed by atoms with Crippen LogP contribution in [0.2, 0.25) is 0 Å². The monoisotopic (exact) mass is 225 g/mol. The van der Waals surface area contributed by atoms with Gasteiger partial charge in [-0.25, -0.2) is 0 Å². The van der Waals surface area contributed by atoms with E-state index in [0.29, 0.717) is 23.4 Å². The maximum atomic E-state index is 12.1. The molecule has 0 radical (unpaired) electrons. The maximum Gasteiger partial charge on any atom is 0.255 e. The van der Waals surface area contributed by atoms with Crippen LogP contribution in [-0.4, -0.2) is 4.57 Å². The number of nitrogens with zero attached hydrogens (tertiary/aromatic N) is 1. The van der Waals surface area contributed by atoms with Crippen LogP contribution >= 0.6 is 11.6 Å². The third-order valence-corrected chi connectivity index (χ3v) is 3.16. The summed E-state index contributed by atoms with van der Waals surface area (Å²) in [5.41, 5.74) is 1.96. The molecule has 1 aliphatic rings. The number of rotatable bonds is 3. The zero-order valence-corrected chi connectivity index (χ0v) is 9.92. The summed E-state index contributed by atoms with van der Waals surface area (Å²) in [6, 6.07) is 4.34. The predicted molar refractivity (Wildman–Crippen MR) is 62.6 cm³/mol. The van der Waals surface area contributed by atoms with Crippen LogP contribution in [0.4, 0.5) is 0 Å². The molecule has 0 aromatic carbocycles. The summed E-state index contributed by atoms with van der Waals surface area (Å²) in [5.74, 6) is 0.701. The van der Waals surface area contributed by atoms with Gasteiger partial charge in [-0.2, -0.15) is 0 Å². The normalized spacial score (nSPS) is 16.0. The largest absolute Gasteiger partial charge is 0.309 e. The van der Waals surface area contributed by atoms with Crippen LogP contribution in [0.3, 0.4) is 0 Å². The van der Waals surface area contributed by atoms with E-state index in [1.54, 1.807) is 0 Å². The smallest absolute Gasteiger partial charge is 0.255 e. The lowest BCUT2D eigenvalue weighted by Crippen LogP contribution is -2.25. The Hall–Kier alpha value is -0.760. The first kappa shape index (κ1) is 10.7. The van der Waals surface area contributed by atoms with Gasteiger partial charge in [0, 0.05) is 17.3 Å². The molecule has 0 spiro atoms. The van der Waals surface area contributed by atoms with Gasteiger partial charge in [0.25, 0.3) is 5.56 Å². The third-order valence-electron chi connectivity index (χ3n) is 2.87. The van der Waals surface area contributed by atoms with Gasteiger partial charge < -0.3 is 4.57 Å². The predicted octanol–water partition coefficient (Wildman–Crippen LogP) is 3.05.